The van der Waals surface area contributed by atoms with Crippen molar-refractivity contribution in [1.82, 2.24) is 4.90 Å². The predicted octanol–water partition coefficient (Wildman–Crippen LogP) is 4.13. The monoisotopic (exact) mass is 370 g/mol. The Kier molecular flexibility index (Phi) is 5.16. The summed E-state index contributed by atoms with van der Waals surface area (Å²) in [6.45, 7) is 3.94. The molecule has 144 valence electrons. The minimum absolute atomic E-state index is 0.302. The number of ether oxygens (including phenoxy) is 1. The highest BCUT2D eigenvalue weighted by atomic mass is 16.5. The summed E-state index contributed by atoms with van der Waals surface area (Å²) in [7, 11) is 0. The zero-order valence-corrected chi connectivity index (χ0v) is 15.7. The highest BCUT2D eigenvalue weighted by Gasteiger charge is 2.38. The van der Waals surface area contributed by atoms with Gasteiger partial charge in [0.2, 0.25) is 0 Å². The van der Waals surface area contributed by atoms with Gasteiger partial charge in [-0.15, -0.1) is 0 Å². The van der Waals surface area contributed by atoms with Gasteiger partial charge in [0.1, 0.15) is 5.58 Å². The average Bonchev–Trinajstić information content (AvgIpc) is 2.80. The van der Waals surface area contributed by atoms with Gasteiger partial charge in [0, 0.05) is 42.3 Å². The number of likely N-dealkylation sites (tertiary alicyclic amines) is 1. The minimum Gasteiger partial charge on any atom is -0.450 e. The van der Waals surface area contributed by atoms with Gasteiger partial charge in [0.25, 0.3) is 0 Å². The second kappa shape index (κ2) is 7.72. The normalized spacial score (nSPS) is 22.6. The lowest BCUT2D eigenvalue weighted by atomic mass is 9.84. The molecule has 0 bridgehead atoms. The summed E-state index contributed by atoms with van der Waals surface area (Å²) in [4.78, 5) is 26.2. The number of anilines is 1. The van der Waals surface area contributed by atoms with E-state index in [-0.39, 0.29) is 5.63 Å². The van der Waals surface area contributed by atoms with Crippen molar-refractivity contribution in [2.75, 3.05) is 18.5 Å². The Morgan fingerprint density at radius 1 is 1.26 bits per heavy atom. The summed E-state index contributed by atoms with van der Waals surface area (Å²) in [6.07, 6.45) is 6.07. The van der Waals surface area contributed by atoms with Crippen LogP contribution in [0, 0.1) is 5.92 Å². The molecule has 2 aliphatic rings. The molecule has 2 aromatic rings. The number of carbonyl (C=O) groups excluding carboxylic acids is 1. The zero-order chi connectivity index (χ0) is 18.8. The van der Waals surface area contributed by atoms with E-state index in [2.05, 4.69) is 10.2 Å². The number of amides is 1. The largest absolute Gasteiger partial charge is 0.450 e. The summed E-state index contributed by atoms with van der Waals surface area (Å²) < 4.78 is 10.3. The van der Waals surface area contributed by atoms with E-state index in [4.69, 9.17) is 9.15 Å². The number of benzene rings is 1. The molecule has 2 atom stereocenters. The second-order valence-electron chi connectivity index (χ2n) is 7.54. The predicted molar refractivity (Wildman–Crippen MR) is 104 cm³/mol. The molecule has 1 aliphatic carbocycles. The average molecular weight is 370 g/mol. The lowest BCUT2D eigenvalue weighted by molar-refractivity contribution is 0.00326. The van der Waals surface area contributed by atoms with Crippen molar-refractivity contribution in [2.45, 2.75) is 51.6 Å². The molecule has 0 spiro atoms. The number of hydrogen-bond acceptors (Lipinski definition) is 5. The first-order valence-electron chi connectivity index (χ1n) is 9.88. The van der Waals surface area contributed by atoms with E-state index < -0.39 is 6.09 Å². The lowest BCUT2D eigenvalue weighted by Gasteiger charge is -2.48. The van der Waals surface area contributed by atoms with Crippen molar-refractivity contribution >= 4 is 22.7 Å². The van der Waals surface area contributed by atoms with Crippen LogP contribution in [0.5, 0.6) is 0 Å². The maximum Gasteiger partial charge on any atom is 0.411 e. The van der Waals surface area contributed by atoms with E-state index in [1.165, 1.54) is 32.1 Å². The van der Waals surface area contributed by atoms with Crippen LogP contribution in [0.25, 0.3) is 11.0 Å². The fourth-order valence-electron chi connectivity index (χ4n) is 4.48. The molecule has 6 heteroatoms. The maximum atomic E-state index is 12.1. The van der Waals surface area contributed by atoms with Crippen LogP contribution in [-0.2, 0) is 11.3 Å². The number of rotatable bonds is 4. The summed E-state index contributed by atoms with van der Waals surface area (Å²) >= 11 is 0. The molecule has 1 aromatic heterocycles. The Morgan fingerprint density at radius 3 is 2.96 bits per heavy atom. The van der Waals surface area contributed by atoms with Crippen LogP contribution in [0.2, 0.25) is 0 Å². The van der Waals surface area contributed by atoms with Crippen LogP contribution in [0.1, 0.15) is 44.6 Å². The van der Waals surface area contributed by atoms with E-state index in [9.17, 15) is 9.59 Å². The number of nitrogens with zero attached hydrogens (tertiary/aromatic N) is 1. The van der Waals surface area contributed by atoms with Gasteiger partial charge in [-0.2, -0.15) is 0 Å². The number of fused-ring (bicyclic) bond motifs is 2. The van der Waals surface area contributed by atoms with E-state index in [1.807, 2.05) is 12.1 Å². The topological polar surface area (TPSA) is 71.8 Å². The fraction of sp³-hybridized carbons (Fsp3) is 0.524. The fourth-order valence-corrected chi connectivity index (χ4v) is 4.48. The van der Waals surface area contributed by atoms with Crippen molar-refractivity contribution in [3.63, 3.8) is 0 Å². The third kappa shape index (κ3) is 3.86. The number of nitrogens with one attached hydrogen (secondary N) is 1. The van der Waals surface area contributed by atoms with Crippen LogP contribution in [0.15, 0.2) is 33.5 Å². The standard InChI is InChI=1S/C21H26N2O4/c1-2-26-21(25)22-16-8-9-17-15(10-20(24)27-19(17)11-16)13-23-12-14-6-4-3-5-7-18(14)23/h8-11,14,18H,2-7,12-13H2,1H3,(H,22,25)/t14-,18+/m0/s1. The van der Waals surface area contributed by atoms with Gasteiger partial charge < -0.3 is 9.15 Å². The van der Waals surface area contributed by atoms with Crippen LogP contribution in [-0.4, -0.2) is 30.2 Å². The Balaban J connectivity index is 1.56. The highest BCUT2D eigenvalue weighted by Crippen LogP contribution is 2.37. The van der Waals surface area contributed by atoms with Gasteiger partial charge in [0.05, 0.1) is 6.61 Å². The first kappa shape index (κ1) is 18.0. The van der Waals surface area contributed by atoms with Gasteiger partial charge in [-0.3, -0.25) is 10.2 Å². The van der Waals surface area contributed by atoms with E-state index in [0.29, 0.717) is 23.9 Å². The zero-order valence-electron chi connectivity index (χ0n) is 15.7. The van der Waals surface area contributed by atoms with Crippen LogP contribution in [0.4, 0.5) is 10.5 Å². The maximum absolute atomic E-state index is 12.1. The molecule has 1 saturated heterocycles. The SMILES string of the molecule is CCOC(=O)Nc1ccc2c(CN3C[C@@H]4CCCCC[C@H]43)cc(=O)oc2c1. The Hall–Kier alpha value is -2.34. The second-order valence-corrected chi connectivity index (χ2v) is 7.54. The molecule has 0 unspecified atom stereocenters. The van der Waals surface area contributed by atoms with Crippen molar-refractivity contribution in [1.29, 1.82) is 0 Å². The molecule has 4 rings (SSSR count). The van der Waals surface area contributed by atoms with Gasteiger partial charge >= 0.3 is 11.7 Å². The molecule has 1 aliphatic heterocycles. The molecule has 2 heterocycles. The molecular weight excluding hydrogens is 344 g/mol. The van der Waals surface area contributed by atoms with Gasteiger partial charge in [0.15, 0.2) is 0 Å². The third-order valence-electron chi connectivity index (χ3n) is 5.78. The molecule has 0 radical (unpaired) electrons. The quantitative estimate of drug-likeness (QED) is 0.820. The summed E-state index contributed by atoms with van der Waals surface area (Å²) in [5, 5.41) is 3.57. The first-order chi connectivity index (χ1) is 13.1. The Morgan fingerprint density at radius 2 is 2.11 bits per heavy atom. The highest BCUT2D eigenvalue weighted by molar-refractivity contribution is 5.89. The molecule has 6 nitrogen and oxygen atoms in total. The lowest BCUT2D eigenvalue weighted by Crippen LogP contribution is -2.54. The Bertz CT molecular complexity index is 891. The van der Waals surface area contributed by atoms with E-state index in [0.717, 1.165) is 30.0 Å². The van der Waals surface area contributed by atoms with E-state index in [1.54, 1.807) is 19.1 Å². The molecule has 1 amide bonds. The molecule has 1 N–H and O–H groups in total. The summed E-state index contributed by atoms with van der Waals surface area (Å²) in [5.74, 6) is 0.819. The number of carbonyl (C=O) groups is 1. The van der Waals surface area contributed by atoms with Crippen LogP contribution < -0.4 is 10.9 Å². The Labute approximate surface area is 158 Å². The summed E-state index contributed by atoms with van der Waals surface area (Å²) in [5.41, 5.74) is 1.68. The number of hydrogen-bond donors (Lipinski definition) is 1. The smallest absolute Gasteiger partial charge is 0.411 e. The third-order valence-corrected chi connectivity index (χ3v) is 5.78. The minimum atomic E-state index is -0.518. The van der Waals surface area contributed by atoms with Crippen molar-refractivity contribution in [3.05, 3.63) is 40.2 Å². The van der Waals surface area contributed by atoms with Crippen LogP contribution >= 0.6 is 0 Å². The van der Waals surface area contributed by atoms with Crippen molar-refractivity contribution in [2.24, 2.45) is 5.92 Å². The molecule has 2 fully saturated rings. The van der Waals surface area contributed by atoms with Gasteiger partial charge in [-0.1, -0.05) is 19.3 Å². The van der Waals surface area contributed by atoms with Crippen LogP contribution in [0.3, 0.4) is 0 Å². The molecule has 1 saturated carbocycles. The van der Waals surface area contributed by atoms with Crippen molar-refractivity contribution in [3.8, 4) is 0 Å². The van der Waals surface area contributed by atoms with Crippen molar-refractivity contribution < 1.29 is 13.9 Å². The van der Waals surface area contributed by atoms with Gasteiger partial charge in [-0.05, 0) is 43.4 Å². The summed E-state index contributed by atoms with van der Waals surface area (Å²) in [6, 6.07) is 7.65. The van der Waals surface area contributed by atoms with E-state index >= 15 is 0 Å². The molecule has 27 heavy (non-hydrogen) atoms. The molecular formula is C21H26N2O4. The first-order valence-corrected chi connectivity index (χ1v) is 9.88. The molecule has 1 aromatic carbocycles. The van der Waals surface area contributed by atoms with Gasteiger partial charge in [-0.25, -0.2) is 9.59 Å².